The molecule has 2 atom stereocenters. The predicted octanol–water partition coefficient (Wildman–Crippen LogP) is 4.37. The Morgan fingerprint density at radius 1 is 1.00 bits per heavy atom. The van der Waals surface area contributed by atoms with Crippen LogP contribution in [0.5, 0.6) is 5.75 Å². The summed E-state index contributed by atoms with van der Waals surface area (Å²) in [5.41, 5.74) is 2.54. The number of para-hydroxylation sites is 1. The number of aliphatic hydroxyl groups is 1. The van der Waals surface area contributed by atoms with E-state index in [2.05, 4.69) is 10.6 Å². The maximum atomic E-state index is 13.9. The zero-order valence-electron chi connectivity index (χ0n) is 23.6. The molecule has 2 aromatic rings. The van der Waals surface area contributed by atoms with Gasteiger partial charge in [0, 0.05) is 12.2 Å². The molecule has 0 bridgehead atoms. The lowest BCUT2D eigenvalue weighted by Crippen LogP contribution is -2.55. The Labute approximate surface area is 225 Å². The molecule has 0 aliphatic heterocycles. The van der Waals surface area contributed by atoms with Gasteiger partial charge in [0.1, 0.15) is 23.4 Å². The summed E-state index contributed by atoms with van der Waals surface area (Å²) >= 11 is 0. The van der Waals surface area contributed by atoms with E-state index in [-0.39, 0.29) is 18.2 Å². The van der Waals surface area contributed by atoms with Crippen LogP contribution in [0.15, 0.2) is 36.4 Å². The van der Waals surface area contributed by atoms with E-state index in [1.807, 2.05) is 32.0 Å². The lowest BCUT2D eigenvalue weighted by molar-refractivity contribution is -0.142. The molecule has 2 unspecified atom stereocenters. The fourth-order valence-corrected chi connectivity index (χ4v) is 4.13. The van der Waals surface area contributed by atoms with E-state index in [0.717, 1.165) is 11.1 Å². The highest BCUT2D eigenvalue weighted by molar-refractivity contribution is 6.00. The van der Waals surface area contributed by atoms with Gasteiger partial charge in [0.05, 0.1) is 6.61 Å². The summed E-state index contributed by atoms with van der Waals surface area (Å²) in [5, 5.41) is 25.6. The van der Waals surface area contributed by atoms with Gasteiger partial charge in [-0.1, -0.05) is 38.1 Å². The van der Waals surface area contributed by atoms with Crippen molar-refractivity contribution in [2.45, 2.75) is 73.1 Å². The highest BCUT2D eigenvalue weighted by atomic mass is 16.6. The first-order valence-corrected chi connectivity index (χ1v) is 12.7. The van der Waals surface area contributed by atoms with Crippen molar-refractivity contribution in [1.82, 2.24) is 10.2 Å². The number of rotatable bonds is 9. The number of nitrogens with zero attached hydrogens (tertiary/aromatic N) is 1. The molecule has 0 fully saturated rings. The average Bonchev–Trinajstić information content (AvgIpc) is 2.80. The van der Waals surface area contributed by atoms with Crippen molar-refractivity contribution >= 4 is 23.6 Å². The number of phenols is 1. The summed E-state index contributed by atoms with van der Waals surface area (Å²) in [7, 11) is 0. The summed E-state index contributed by atoms with van der Waals surface area (Å²) in [6.07, 6.45) is -0.759. The number of ether oxygens (including phenoxy) is 1. The van der Waals surface area contributed by atoms with E-state index in [1.165, 1.54) is 11.0 Å². The lowest BCUT2D eigenvalue weighted by Gasteiger charge is -2.35. The van der Waals surface area contributed by atoms with E-state index in [9.17, 15) is 24.6 Å². The molecule has 2 rings (SSSR count). The van der Waals surface area contributed by atoms with Crippen LogP contribution in [0.25, 0.3) is 0 Å². The van der Waals surface area contributed by atoms with Gasteiger partial charge in [-0.15, -0.1) is 0 Å². The van der Waals surface area contributed by atoms with Crippen molar-refractivity contribution in [3.63, 3.8) is 0 Å². The number of aromatic hydroxyl groups is 1. The third-order valence-corrected chi connectivity index (χ3v) is 6.05. The molecule has 2 aromatic carbocycles. The predicted molar refractivity (Wildman–Crippen MR) is 147 cm³/mol. The fourth-order valence-electron chi connectivity index (χ4n) is 4.13. The number of carbonyl (C=O) groups excluding carboxylic acids is 3. The highest BCUT2D eigenvalue weighted by Crippen LogP contribution is 2.30. The molecular weight excluding hydrogens is 486 g/mol. The number of amides is 3. The third kappa shape index (κ3) is 7.95. The molecule has 0 spiro atoms. The van der Waals surface area contributed by atoms with E-state index < -0.39 is 42.2 Å². The van der Waals surface area contributed by atoms with Gasteiger partial charge in [-0.05, 0) is 81.8 Å². The molecule has 4 N–H and O–H groups in total. The van der Waals surface area contributed by atoms with E-state index >= 15 is 0 Å². The number of alkyl carbamates (subject to hydrolysis) is 1. The van der Waals surface area contributed by atoms with Crippen LogP contribution in [-0.4, -0.2) is 57.8 Å². The molecule has 208 valence electrons. The molecule has 9 nitrogen and oxygen atoms in total. The molecule has 0 aliphatic rings. The maximum Gasteiger partial charge on any atom is 0.408 e. The summed E-state index contributed by atoms with van der Waals surface area (Å²) in [6.45, 7) is 13.6. The molecule has 0 saturated carbocycles. The number of hydrogen-bond acceptors (Lipinski definition) is 6. The van der Waals surface area contributed by atoms with Gasteiger partial charge in [-0.2, -0.15) is 0 Å². The molecule has 0 aromatic heterocycles. The average molecular weight is 528 g/mol. The second kappa shape index (κ2) is 12.8. The van der Waals surface area contributed by atoms with Crippen LogP contribution in [0.4, 0.5) is 10.5 Å². The number of aryl methyl sites for hydroxylation is 3. The first-order chi connectivity index (χ1) is 17.7. The quantitative estimate of drug-likeness (QED) is 0.383. The zero-order chi connectivity index (χ0) is 28.8. The smallest absolute Gasteiger partial charge is 0.408 e. The summed E-state index contributed by atoms with van der Waals surface area (Å²) in [6, 6.07) is 8.12. The van der Waals surface area contributed by atoms with Gasteiger partial charge in [-0.25, -0.2) is 4.79 Å². The standard InChI is InChI=1S/C29H41N3O6/c1-17(2)23(31-28(37)38-29(6,7)8)27(36)32(14-15-33)25(21-12-13-22(34)20(5)16-21)26(35)30-24-18(3)10-9-11-19(24)4/h9-13,16-17,23,25,33-34H,14-15H2,1-8H3,(H,30,35)(H,31,37). The van der Waals surface area contributed by atoms with Crippen molar-refractivity contribution in [2.24, 2.45) is 5.92 Å². The van der Waals surface area contributed by atoms with Crippen LogP contribution < -0.4 is 10.6 Å². The van der Waals surface area contributed by atoms with Crippen LogP contribution in [0.1, 0.15) is 62.9 Å². The van der Waals surface area contributed by atoms with Gasteiger partial charge in [0.15, 0.2) is 0 Å². The molecular formula is C29H41N3O6. The monoisotopic (exact) mass is 527 g/mol. The van der Waals surface area contributed by atoms with Crippen molar-refractivity contribution in [3.8, 4) is 5.75 Å². The number of nitrogens with one attached hydrogen (secondary N) is 2. The first-order valence-electron chi connectivity index (χ1n) is 12.7. The highest BCUT2D eigenvalue weighted by Gasteiger charge is 2.37. The van der Waals surface area contributed by atoms with E-state index in [4.69, 9.17) is 4.74 Å². The van der Waals surface area contributed by atoms with E-state index in [1.54, 1.807) is 53.7 Å². The number of benzene rings is 2. The number of aliphatic hydroxyl groups excluding tert-OH is 1. The summed E-state index contributed by atoms with van der Waals surface area (Å²) in [5.74, 6) is -1.34. The minimum atomic E-state index is -1.16. The van der Waals surface area contributed by atoms with Crippen LogP contribution in [0.3, 0.4) is 0 Å². The van der Waals surface area contributed by atoms with E-state index in [0.29, 0.717) is 16.8 Å². The minimum Gasteiger partial charge on any atom is -0.508 e. The molecule has 0 saturated heterocycles. The summed E-state index contributed by atoms with van der Waals surface area (Å²) < 4.78 is 5.36. The molecule has 0 heterocycles. The van der Waals surface area contributed by atoms with Gasteiger partial charge in [0.2, 0.25) is 5.91 Å². The van der Waals surface area contributed by atoms with Crippen molar-refractivity contribution in [2.75, 3.05) is 18.5 Å². The van der Waals surface area contributed by atoms with Crippen molar-refractivity contribution < 1.29 is 29.3 Å². The summed E-state index contributed by atoms with van der Waals surface area (Å²) in [4.78, 5) is 41.7. The Hall–Kier alpha value is -3.59. The Morgan fingerprint density at radius 3 is 2.11 bits per heavy atom. The number of phenolic OH excluding ortho intramolecular Hbond substituents is 1. The molecule has 0 aliphatic carbocycles. The molecule has 9 heteroatoms. The second-order valence-electron chi connectivity index (χ2n) is 10.8. The fraction of sp³-hybridized carbons (Fsp3) is 0.483. The maximum absolute atomic E-state index is 13.9. The Morgan fingerprint density at radius 2 is 1.61 bits per heavy atom. The van der Waals surface area contributed by atoms with Crippen molar-refractivity contribution in [3.05, 3.63) is 58.7 Å². The number of anilines is 1. The second-order valence-corrected chi connectivity index (χ2v) is 10.8. The Balaban J connectivity index is 2.57. The van der Waals surface area contributed by atoms with Crippen LogP contribution in [-0.2, 0) is 14.3 Å². The zero-order valence-corrected chi connectivity index (χ0v) is 23.6. The largest absolute Gasteiger partial charge is 0.508 e. The lowest BCUT2D eigenvalue weighted by atomic mass is 9.97. The third-order valence-electron chi connectivity index (χ3n) is 6.05. The first kappa shape index (κ1) is 30.6. The van der Waals surface area contributed by atoms with Crippen LogP contribution in [0.2, 0.25) is 0 Å². The number of hydrogen-bond donors (Lipinski definition) is 4. The normalized spacial score (nSPS) is 13.0. The van der Waals surface area contributed by atoms with Gasteiger partial charge < -0.3 is 30.5 Å². The van der Waals surface area contributed by atoms with Gasteiger partial charge in [0.25, 0.3) is 5.91 Å². The van der Waals surface area contributed by atoms with Crippen LogP contribution >= 0.6 is 0 Å². The Kier molecular flexibility index (Phi) is 10.3. The van der Waals surface area contributed by atoms with Gasteiger partial charge in [-0.3, -0.25) is 9.59 Å². The SMILES string of the molecule is Cc1cc(C(C(=O)Nc2c(C)cccc2C)N(CCO)C(=O)C(NC(=O)OC(C)(C)C)C(C)C)ccc1O. The van der Waals surface area contributed by atoms with Crippen molar-refractivity contribution in [1.29, 1.82) is 0 Å². The van der Waals surface area contributed by atoms with Crippen LogP contribution in [0, 0.1) is 26.7 Å². The number of carbonyl (C=O) groups is 3. The minimum absolute atomic E-state index is 0.0503. The van der Waals surface area contributed by atoms with Gasteiger partial charge >= 0.3 is 6.09 Å². The Bertz CT molecular complexity index is 1140. The topological polar surface area (TPSA) is 128 Å². The molecule has 0 radical (unpaired) electrons. The molecule has 38 heavy (non-hydrogen) atoms. The molecule has 3 amide bonds.